The van der Waals surface area contributed by atoms with E-state index in [9.17, 15) is 10.1 Å². The molecule has 0 fully saturated rings. The summed E-state index contributed by atoms with van der Waals surface area (Å²) in [6.45, 7) is 0. The van der Waals surface area contributed by atoms with Crippen molar-refractivity contribution in [1.82, 2.24) is 9.78 Å². The van der Waals surface area contributed by atoms with Gasteiger partial charge >= 0.3 is 5.69 Å². The predicted octanol–water partition coefficient (Wildman–Crippen LogP) is 1.65. The zero-order valence-corrected chi connectivity index (χ0v) is 8.07. The summed E-state index contributed by atoms with van der Waals surface area (Å²) in [5.74, 6) is 0. The second-order valence-electron chi connectivity index (χ2n) is 3.03. The monoisotopic (exact) mass is 214 g/mol. The number of hydrogen-bond acceptors (Lipinski definition) is 4. The van der Waals surface area contributed by atoms with Gasteiger partial charge in [-0.05, 0) is 12.1 Å². The number of para-hydroxylation sites is 1. The Labute approximate surface area is 90.5 Å². The van der Waals surface area contributed by atoms with E-state index in [4.69, 9.17) is 5.26 Å². The summed E-state index contributed by atoms with van der Waals surface area (Å²) >= 11 is 0. The van der Waals surface area contributed by atoms with E-state index in [1.807, 2.05) is 6.07 Å². The van der Waals surface area contributed by atoms with Crippen molar-refractivity contribution in [2.24, 2.45) is 0 Å². The first-order valence-electron chi connectivity index (χ1n) is 4.41. The molecule has 78 valence electrons. The number of nitriles is 1. The molecule has 2 rings (SSSR count). The van der Waals surface area contributed by atoms with Crippen molar-refractivity contribution in [3.8, 4) is 11.8 Å². The number of aromatic nitrogens is 2. The molecule has 2 aromatic rings. The highest BCUT2D eigenvalue weighted by Gasteiger charge is 2.11. The Morgan fingerprint density at radius 2 is 2.19 bits per heavy atom. The second kappa shape index (κ2) is 3.82. The van der Waals surface area contributed by atoms with Crippen LogP contribution in [0.1, 0.15) is 5.56 Å². The van der Waals surface area contributed by atoms with Crippen LogP contribution in [0, 0.1) is 21.4 Å². The molecule has 1 aromatic heterocycles. The van der Waals surface area contributed by atoms with Crippen LogP contribution >= 0.6 is 0 Å². The van der Waals surface area contributed by atoms with E-state index in [-0.39, 0.29) is 5.69 Å². The van der Waals surface area contributed by atoms with Crippen molar-refractivity contribution in [3.63, 3.8) is 0 Å². The third kappa shape index (κ3) is 1.62. The Hall–Kier alpha value is -2.68. The normalized spacial score (nSPS) is 9.69. The maximum Gasteiger partial charge on any atom is 0.307 e. The summed E-state index contributed by atoms with van der Waals surface area (Å²) < 4.78 is 1.32. The van der Waals surface area contributed by atoms with Crippen LogP contribution in [0.4, 0.5) is 5.69 Å². The van der Waals surface area contributed by atoms with Crippen molar-refractivity contribution in [2.45, 2.75) is 0 Å². The first-order valence-corrected chi connectivity index (χ1v) is 4.41. The second-order valence-corrected chi connectivity index (χ2v) is 3.03. The highest BCUT2D eigenvalue weighted by Crippen LogP contribution is 2.16. The molecule has 0 radical (unpaired) electrons. The number of hydrogen-bond donors (Lipinski definition) is 0. The summed E-state index contributed by atoms with van der Waals surface area (Å²) in [4.78, 5) is 9.96. The van der Waals surface area contributed by atoms with Crippen LogP contribution in [0.15, 0.2) is 36.7 Å². The Balaban J connectivity index is 2.51. The number of benzene rings is 1. The first-order chi connectivity index (χ1) is 7.72. The number of rotatable bonds is 2. The fraction of sp³-hybridized carbons (Fsp3) is 0. The fourth-order valence-electron chi connectivity index (χ4n) is 1.31. The van der Waals surface area contributed by atoms with Crippen LogP contribution in [0.5, 0.6) is 0 Å². The minimum atomic E-state index is -0.529. The fourth-order valence-corrected chi connectivity index (χ4v) is 1.31. The van der Waals surface area contributed by atoms with Gasteiger partial charge in [-0.2, -0.15) is 10.4 Å². The highest BCUT2D eigenvalue weighted by molar-refractivity contribution is 5.48. The molecule has 0 aliphatic carbocycles. The molecule has 6 heteroatoms. The Kier molecular flexibility index (Phi) is 2.36. The maximum atomic E-state index is 10.5. The molecule has 0 aliphatic rings. The smallest absolute Gasteiger partial charge is 0.258 e. The molecule has 0 unspecified atom stereocenters. The Morgan fingerprint density at radius 3 is 2.81 bits per heavy atom. The molecule has 1 aromatic carbocycles. The van der Waals surface area contributed by atoms with Crippen LogP contribution in [-0.2, 0) is 0 Å². The van der Waals surface area contributed by atoms with E-state index in [1.54, 1.807) is 24.3 Å². The molecule has 16 heavy (non-hydrogen) atoms. The lowest BCUT2D eigenvalue weighted by Gasteiger charge is -2.01. The molecule has 0 saturated heterocycles. The van der Waals surface area contributed by atoms with Crippen molar-refractivity contribution < 1.29 is 4.92 Å². The summed E-state index contributed by atoms with van der Waals surface area (Å²) in [6, 6.07) is 8.77. The van der Waals surface area contributed by atoms with Gasteiger partial charge in [-0.25, -0.2) is 4.68 Å². The third-order valence-electron chi connectivity index (χ3n) is 2.05. The van der Waals surface area contributed by atoms with Gasteiger partial charge in [0.1, 0.15) is 18.5 Å². The Morgan fingerprint density at radius 1 is 1.44 bits per heavy atom. The third-order valence-corrected chi connectivity index (χ3v) is 2.05. The maximum absolute atomic E-state index is 10.5. The van der Waals surface area contributed by atoms with Gasteiger partial charge in [0.05, 0.1) is 16.2 Å². The van der Waals surface area contributed by atoms with Gasteiger partial charge in [0.15, 0.2) is 0 Å². The van der Waals surface area contributed by atoms with Gasteiger partial charge in [-0.15, -0.1) is 0 Å². The van der Waals surface area contributed by atoms with Crippen molar-refractivity contribution in [1.29, 1.82) is 5.26 Å². The molecular formula is C10H6N4O2. The van der Waals surface area contributed by atoms with E-state index in [0.717, 1.165) is 6.20 Å². The lowest BCUT2D eigenvalue weighted by atomic mass is 10.2. The van der Waals surface area contributed by atoms with E-state index < -0.39 is 4.92 Å². The van der Waals surface area contributed by atoms with Crippen molar-refractivity contribution in [3.05, 3.63) is 52.3 Å². The van der Waals surface area contributed by atoms with Gasteiger partial charge in [0, 0.05) is 0 Å². The molecule has 0 bridgehead atoms. The van der Waals surface area contributed by atoms with E-state index in [2.05, 4.69) is 5.10 Å². The molecule has 6 nitrogen and oxygen atoms in total. The predicted molar refractivity (Wildman–Crippen MR) is 54.9 cm³/mol. The van der Waals surface area contributed by atoms with Crippen LogP contribution in [0.2, 0.25) is 0 Å². The van der Waals surface area contributed by atoms with Crippen molar-refractivity contribution >= 4 is 5.69 Å². The molecular weight excluding hydrogens is 208 g/mol. The van der Waals surface area contributed by atoms with Gasteiger partial charge < -0.3 is 0 Å². The van der Waals surface area contributed by atoms with Crippen LogP contribution < -0.4 is 0 Å². The van der Waals surface area contributed by atoms with Crippen molar-refractivity contribution in [2.75, 3.05) is 0 Å². The summed E-state index contributed by atoms with van der Waals surface area (Å²) in [5, 5.41) is 23.2. The molecule has 0 aliphatic heterocycles. The van der Waals surface area contributed by atoms with Gasteiger partial charge in [0.25, 0.3) is 0 Å². The van der Waals surface area contributed by atoms with Gasteiger partial charge in [0.2, 0.25) is 0 Å². The van der Waals surface area contributed by atoms with E-state index in [1.165, 1.54) is 10.9 Å². The first kappa shape index (κ1) is 9.86. The molecule has 0 atom stereocenters. The topological polar surface area (TPSA) is 84.8 Å². The lowest BCUT2D eigenvalue weighted by Crippen LogP contribution is -1.97. The van der Waals surface area contributed by atoms with Gasteiger partial charge in [-0.1, -0.05) is 12.1 Å². The summed E-state index contributed by atoms with van der Waals surface area (Å²) in [7, 11) is 0. The van der Waals surface area contributed by atoms with Gasteiger partial charge in [-0.3, -0.25) is 10.1 Å². The van der Waals surface area contributed by atoms with Crippen LogP contribution in [0.3, 0.4) is 0 Å². The zero-order valence-electron chi connectivity index (χ0n) is 8.07. The van der Waals surface area contributed by atoms with Crippen LogP contribution in [-0.4, -0.2) is 14.7 Å². The SMILES string of the molecule is N#Cc1ccccc1-n1cc([N+](=O)[O-])cn1. The largest absolute Gasteiger partial charge is 0.307 e. The minimum absolute atomic E-state index is 0.104. The number of nitro groups is 1. The van der Waals surface area contributed by atoms with E-state index >= 15 is 0 Å². The average Bonchev–Trinajstić information content (AvgIpc) is 2.78. The van der Waals surface area contributed by atoms with Crippen LogP contribution in [0.25, 0.3) is 5.69 Å². The van der Waals surface area contributed by atoms with E-state index in [0.29, 0.717) is 11.3 Å². The minimum Gasteiger partial charge on any atom is -0.258 e. The molecule has 0 saturated carbocycles. The lowest BCUT2D eigenvalue weighted by molar-refractivity contribution is -0.384. The average molecular weight is 214 g/mol. The molecule has 0 amide bonds. The Bertz CT molecular complexity index is 583. The quantitative estimate of drug-likeness (QED) is 0.562. The number of nitrogens with zero attached hydrogens (tertiary/aromatic N) is 4. The standard InChI is InChI=1S/C10H6N4O2/c11-5-8-3-1-2-4-10(8)13-7-9(6-12-13)14(15)16/h1-4,6-7H. The summed E-state index contributed by atoms with van der Waals surface area (Å²) in [6.07, 6.45) is 2.42. The zero-order chi connectivity index (χ0) is 11.5. The molecule has 0 spiro atoms. The summed E-state index contributed by atoms with van der Waals surface area (Å²) in [5.41, 5.74) is 0.839. The molecule has 1 heterocycles. The highest BCUT2D eigenvalue weighted by atomic mass is 16.6. The molecule has 0 N–H and O–H groups in total.